The molecule has 4 rings (SSSR count). The Morgan fingerprint density at radius 2 is 0.973 bits per heavy atom. The number of carbonyl (C=O) groups is 1. The summed E-state index contributed by atoms with van der Waals surface area (Å²) in [5.41, 5.74) is 1.67. The Morgan fingerprint density at radius 1 is 0.622 bits per heavy atom. The highest BCUT2D eigenvalue weighted by Crippen LogP contribution is 2.64. The van der Waals surface area contributed by atoms with Crippen LogP contribution >= 0.6 is 30.8 Å². The molecule has 4 aromatic rings. The molecule has 2 nitrogen and oxygen atoms in total. The molecule has 0 saturated heterocycles. The van der Waals surface area contributed by atoms with Crippen molar-refractivity contribution in [1.82, 2.24) is 5.32 Å². The van der Waals surface area contributed by atoms with E-state index in [9.17, 15) is 4.79 Å². The van der Waals surface area contributed by atoms with Crippen LogP contribution in [0.5, 0.6) is 0 Å². The van der Waals surface area contributed by atoms with Crippen LogP contribution in [0.25, 0.3) is 0 Å². The molecule has 0 unspecified atom stereocenters. The van der Waals surface area contributed by atoms with Crippen LogP contribution in [0.3, 0.4) is 0 Å². The molecule has 0 saturated carbocycles. The largest absolute Gasteiger partial charge is 1.00 e. The third-order valence-electron chi connectivity index (χ3n) is 5.78. The van der Waals surface area contributed by atoms with E-state index in [-0.39, 0.29) is 18.3 Å². The van der Waals surface area contributed by atoms with Gasteiger partial charge in [0.15, 0.2) is 12.7 Å². The second-order valence-electron chi connectivity index (χ2n) is 8.00. The molecule has 0 bridgehead atoms. The van der Waals surface area contributed by atoms with Gasteiger partial charge in [-0.15, -0.1) is 23.5 Å². The third kappa shape index (κ3) is 6.51. The first-order valence-electron chi connectivity index (χ1n) is 12.1. The fourth-order valence-electron chi connectivity index (χ4n) is 4.27. The zero-order chi connectivity index (χ0) is 25.2. The quantitative estimate of drug-likeness (QED) is 0.295. The van der Waals surface area contributed by atoms with Gasteiger partial charge in [-0.2, -0.15) is 0 Å². The van der Waals surface area contributed by atoms with Gasteiger partial charge >= 0.3 is 0 Å². The summed E-state index contributed by atoms with van der Waals surface area (Å²) < 4.78 is 1.18. The van der Waals surface area contributed by atoms with Crippen LogP contribution in [-0.2, 0) is 0 Å². The molecule has 0 aromatic heterocycles. The van der Waals surface area contributed by atoms with Gasteiger partial charge in [0.25, 0.3) is 5.91 Å². The van der Waals surface area contributed by atoms with E-state index in [2.05, 4.69) is 110 Å². The number of halogens is 1. The zero-order valence-electron chi connectivity index (χ0n) is 21.0. The Labute approximate surface area is 236 Å². The zero-order valence-corrected chi connectivity index (χ0v) is 24.3. The molecule has 0 fully saturated rings. The lowest BCUT2D eigenvalue weighted by Crippen LogP contribution is -3.00. The van der Waals surface area contributed by atoms with Crippen molar-refractivity contribution in [2.24, 2.45) is 0 Å². The van der Waals surface area contributed by atoms with Crippen LogP contribution in [0.2, 0.25) is 0 Å². The fourth-order valence-corrected chi connectivity index (χ4v) is 11.5. The lowest BCUT2D eigenvalue weighted by atomic mass is 10.2. The first-order chi connectivity index (χ1) is 17.7. The number of hydrogen-bond acceptors (Lipinski definition) is 3. The van der Waals surface area contributed by atoms with Crippen molar-refractivity contribution in [2.75, 3.05) is 11.5 Å². The molecule has 0 aliphatic heterocycles. The monoisotopic (exact) mass is 563 g/mol. The number of carbonyl (C=O) groups excluding carboxylic acids is 1. The summed E-state index contributed by atoms with van der Waals surface area (Å²) in [6.45, 7) is 4.34. The molecule has 6 heteroatoms. The minimum Gasteiger partial charge on any atom is -1.00 e. The number of benzene rings is 4. The molecule has 190 valence electrons. The van der Waals surface area contributed by atoms with E-state index in [0.29, 0.717) is 5.56 Å². The molecule has 4 aromatic carbocycles. The lowest BCUT2D eigenvalue weighted by Gasteiger charge is -2.31. The summed E-state index contributed by atoms with van der Waals surface area (Å²) in [6, 6.07) is 41.6. The molecule has 0 aliphatic rings. The first-order valence-corrected chi connectivity index (χ1v) is 15.9. The number of nitrogens with one attached hydrogen (secondary N) is 1. The summed E-state index contributed by atoms with van der Waals surface area (Å²) in [7, 11) is -2.45. The number of amides is 1. The van der Waals surface area contributed by atoms with Gasteiger partial charge in [-0.1, -0.05) is 86.6 Å². The maximum absolute atomic E-state index is 13.8. The van der Waals surface area contributed by atoms with Crippen LogP contribution < -0.4 is 33.6 Å². The summed E-state index contributed by atoms with van der Waals surface area (Å²) >= 11 is 3.63. The topological polar surface area (TPSA) is 29.1 Å². The van der Waals surface area contributed by atoms with Crippen molar-refractivity contribution >= 4 is 52.6 Å². The average Bonchev–Trinajstić information content (AvgIpc) is 2.95. The van der Waals surface area contributed by atoms with Gasteiger partial charge in [-0.25, -0.2) is 0 Å². The maximum atomic E-state index is 13.8. The van der Waals surface area contributed by atoms with Crippen molar-refractivity contribution < 1.29 is 17.2 Å². The normalized spacial score (nSPS) is 10.8. The summed E-state index contributed by atoms with van der Waals surface area (Å²) in [5.74, 6) is 1.76. The molecular formula is C31H31ClNOPS2. The van der Waals surface area contributed by atoms with Gasteiger partial charge in [0, 0.05) is 5.56 Å². The van der Waals surface area contributed by atoms with Gasteiger partial charge in [0.2, 0.25) is 0 Å². The van der Waals surface area contributed by atoms with Crippen molar-refractivity contribution in [3.05, 3.63) is 137 Å². The van der Waals surface area contributed by atoms with Gasteiger partial charge in [0.05, 0.1) is 0 Å². The van der Waals surface area contributed by atoms with E-state index < -0.39 is 7.26 Å². The summed E-state index contributed by atoms with van der Waals surface area (Å²) in [4.78, 5) is 13.8. The van der Waals surface area contributed by atoms with Crippen LogP contribution in [0.4, 0.5) is 0 Å². The second kappa shape index (κ2) is 14.4. The summed E-state index contributed by atoms with van der Waals surface area (Å²) in [5, 5.41) is 7.15. The van der Waals surface area contributed by atoms with E-state index >= 15 is 0 Å². The predicted molar refractivity (Wildman–Crippen MR) is 162 cm³/mol. The van der Waals surface area contributed by atoms with E-state index in [0.717, 1.165) is 16.9 Å². The Bertz CT molecular complexity index is 1180. The Kier molecular flexibility index (Phi) is 11.4. The van der Waals surface area contributed by atoms with E-state index in [1.165, 1.54) is 20.2 Å². The third-order valence-corrected chi connectivity index (χ3v) is 12.5. The second-order valence-corrected chi connectivity index (χ2v) is 14.1. The van der Waals surface area contributed by atoms with Crippen LogP contribution in [-0.4, -0.2) is 17.4 Å². The number of rotatable bonds is 10. The Hall–Kier alpha value is -2.49. The Morgan fingerprint density at radius 3 is 1.32 bits per heavy atom. The minimum absolute atomic E-state index is 0. The van der Waals surface area contributed by atoms with Crippen molar-refractivity contribution in [3.8, 4) is 0 Å². The predicted octanol–water partition coefficient (Wildman–Crippen LogP) is 4.05. The van der Waals surface area contributed by atoms with Crippen molar-refractivity contribution in [2.45, 2.75) is 13.8 Å². The van der Waals surface area contributed by atoms with Crippen LogP contribution in [0.15, 0.2) is 131 Å². The molecular weight excluding hydrogens is 533 g/mol. The van der Waals surface area contributed by atoms with Gasteiger partial charge < -0.3 is 12.4 Å². The van der Waals surface area contributed by atoms with Gasteiger partial charge in [0.1, 0.15) is 20.2 Å². The van der Waals surface area contributed by atoms with Crippen LogP contribution in [0.1, 0.15) is 24.2 Å². The minimum atomic E-state index is -2.45. The standard InChI is InChI=1S/C31H30NOPS2.ClH/c1-3-35-31(36-4-2)30(32-29(33)25-17-9-5-10-18-25)34(26-19-11-6-12-20-26,27-21-13-7-14-22-27)28-23-15-8-16-24-28;/h5-24H,3-4H2,1-2H3;1H. The molecule has 0 heterocycles. The lowest BCUT2D eigenvalue weighted by molar-refractivity contribution is -0.0000152. The average molecular weight is 564 g/mol. The van der Waals surface area contributed by atoms with Crippen molar-refractivity contribution in [3.63, 3.8) is 0 Å². The van der Waals surface area contributed by atoms with Gasteiger partial charge in [-0.3, -0.25) is 10.1 Å². The van der Waals surface area contributed by atoms with E-state index in [1.54, 1.807) is 0 Å². The molecule has 0 aliphatic carbocycles. The highest BCUT2D eigenvalue weighted by molar-refractivity contribution is 8.23. The number of hydrogen-bond donors (Lipinski definition) is 1. The Balaban J connectivity index is 0.00000380. The highest BCUT2D eigenvalue weighted by atomic mass is 35.5. The number of thioether (sulfide) groups is 2. The van der Waals surface area contributed by atoms with Crippen molar-refractivity contribution in [1.29, 1.82) is 0 Å². The molecule has 1 amide bonds. The van der Waals surface area contributed by atoms with E-state index in [1.807, 2.05) is 53.9 Å². The highest BCUT2D eigenvalue weighted by Gasteiger charge is 2.52. The van der Waals surface area contributed by atoms with E-state index in [4.69, 9.17) is 0 Å². The fraction of sp³-hybridized carbons (Fsp3) is 0.129. The van der Waals surface area contributed by atoms with Crippen LogP contribution in [0, 0.1) is 0 Å². The smallest absolute Gasteiger partial charge is 0.258 e. The SMILES string of the molecule is CCSC(SCC)=C(NC(=O)c1ccccc1)[P+](c1ccccc1)(c1ccccc1)c1ccccc1.[Cl-]. The molecule has 37 heavy (non-hydrogen) atoms. The molecule has 0 atom stereocenters. The molecule has 0 spiro atoms. The molecule has 0 radical (unpaired) electrons. The van der Waals surface area contributed by atoms with Gasteiger partial charge in [-0.05, 0) is 60.0 Å². The summed E-state index contributed by atoms with van der Waals surface area (Å²) in [6.07, 6.45) is 0. The molecule has 1 N–H and O–H groups in total. The first kappa shape index (κ1) is 29.1. The maximum Gasteiger partial charge on any atom is 0.258 e.